The standard InChI is InChI=1S/C19H21BrN2O2/c1-24-16-6-5-15(21-12-16)4-2-13-11-22-19-10-14(20)3-7-18(19)17(13)8-9-23/h3,5-7,10,12,22-23H,2,4,8-9,11H2,1H3. The quantitative estimate of drug-likeness (QED) is 0.783. The van der Waals surface area contributed by atoms with E-state index in [1.165, 1.54) is 16.7 Å². The van der Waals surface area contributed by atoms with E-state index in [-0.39, 0.29) is 6.61 Å². The molecule has 2 heterocycles. The zero-order valence-electron chi connectivity index (χ0n) is 13.7. The van der Waals surface area contributed by atoms with Crippen LogP contribution in [0.15, 0.2) is 46.6 Å². The molecule has 126 valence electrons. The van der Waals surface area contributed by atoms with Crippen LogP contribution in [0.5, 0.6) is 5.75 Å². The Bertz CT molecular complexity index is 742. The number of methoxy groups -OCH3 is 1. The topological polar surface area (TPSA) is 54.4 Å². The fourth-order valence-electron chi connectivity index (χ4n) is 3.05. The average molecular weight is 389 g/mol. The third-order valence-electron chi connectivity index (χ3n) is 4.30. The SMILES string of the molecule is COc1ccc(CCC2=C(CCO)c3ccc(Br)cc3NC2)nc1. The fraction of sp³-hybridized carbons (Fsp3) is 0.316. The van der Waals surface area contributed by atoms with E-state index in [1.54, 1.807) is 13.3 Å². The van der Waals surface area contributed by atoms with Crippen LogP contribution in [0, 0.1) is 0 Å². The molecule has 1 aromatic heterocycles. The highest BCUT2D eigenvalue weighted by Gasteiger charge is 2.18. The van der Waals surface area contributed by atoms with E-state index in [4.69, 9.17) is 4.74 Å². The molecule has 0 radical (unpaired) electrons. The Kier molecular flexibility index (Phi) is 5.53. The molecule has 0 aliphatic carbocycles. The summed E-state index contributed by atoms with van der Waals surface area (Å²) in [6.45, 7) is 0.976. The molecule has 0 spiro atoms. The molecule has 1 aromatic carbocycles. The van der Waals surface area contributed by atoms with Crippen LogP contribution < -0.4 is 10.1 Å². The zero-order valence-corrected chi connectivity index (χ0v) is 15.3. The van der Waals surface area contributed by atoms with Crippen molar-refractivity contribution in [2.75, 3.05) is 25.6 Å². The third kappa shape index (κ3) is 3.79. The lowest BCUT2D eigenvalue weighted by Gasteiger charge is -2.25. The van der Waals surface area contributed by atoms with E-state index in [0.717, 1.165) is 41.0 Å². The Balaban J connectivity index is 1.81. The molecule has 0 saturated carbocycles. The number of hydrogen-bond acceptors (Lipinski definition) is 4. The maximum absolute atomic E-state index is 9.47. The second kappa shape index (κ2) is 7.81. The van der Waals surface area contributed by atoms with Gasteiger partial charge >= 0.3 is 0 Å². The normalized spacial score (nSPS) is 13.5. The molecule has 0 saturated heterocycles. The summed E-state index contributed by atoms with van der Waals surface area (Å²) in [5, 5.41) is 13.0. The number of fused-ring (bicyclic) bond motifs is 1. The van der Waals surface area contributed by atoms with E-state index in [0.29, 0.717) is 6.42 Å². The second-order valence-corrected chi connectivity index (χ2v) is 6.70. The van der Waals surface area contributed by atoms with Crippen molar-refractivity contribution in [3.8, 4) is 5.75 Å². The number of aliphatic hydroxyl groups is 1. The van der Waals surface area contributed by atoms with Crippen molar-refractivity contribution in [2.45, 2.75) is 19.3 Å². The lowest BCUT2D eigenvalue weighted by atomic mass is 9.90. The molecule has 5 heteroatoms. The van der Waals surface area contributed by atoms with Gasteiger partial charge in [0, 0.05) is 34.6 Å². The van der Waals surface area contributed by atoms with Crippen molar-refractivity contribution in [1.82, 2.24) is 4.98 Å². The molecule has 1 aliphatic rings. The molecule has 0 bridgehead atoms. The van der Waals surface area contributed by atoms with Crippen molar-refractivity contribution in [2.24, 2.45) is 0 Å². The Morgan fingerprint density at radius 1 is 1.21 bits per heavy atom. The van der Waals surface area contributed by atoms with Crippen LogP contribution in [-0.2, 0) is 6.42 Å². The molecule has 0 atom stereocenters. The number of anilines is 1. The summed E-state index contributed by atoms with van der Waals surface area (Å²) in [6, 6.07) is 10.2. The van der Waals surface area contributed by atoms with Crippen molar-refractivity contribution >= 4 is 27.2 Å². The Hall–Kier alpha value is -1.85. The second-order valence-electron chi connectivity index (χ2n) is 5.79. The van der Waals surface area contributed by atoms with Gasteiger partial charge in [0.2, 0.25) is 0 Å². The van der Waals surface area contributed by atoms with Crippen LogP contribution in [0.3, 0.4) is 0 Å². The Morgan fingerprint density at radius 3 is 2.79 bits per heavy atom. The summed E-state index contributed by atoms with van der Waals surface area (Å²) >= 11 is 3.51. The van der Waals surface area contributed by atoms with Gasteiger partial charge in [-0.25, -0.2) is 0 Å². The molecule has 0 unspecified atom stereocenters. The maximum atomic E-state index is 9.47. The maximum Gasteiger partial charge on any atom is 0.137 e. The lowest BCUT2D eigenvalue weighted by molar-refractivity contribution is 0.304. The fourth-order valence-corrected chi connectivity index (χ4v) is 3.41. The number of rotatable bonds is 6. The van der Waals surface area contributed by atoms with Gasteiger partial charge in [0.05, 0.1) is 13.3 Å². The number of hydrogen-bond donors (Lipinski definition) is 2. The number of aromatic nitrogens is 1. The van der Waals surface area contributed by atoms with Crippen LogP contribution in [0.1, 0.15) is 24.1 Å². The van der Waals surface area contributed by atoms with Crippen molar-refractivity contribution < 1.29 is 9.84 Å². The number of nitrogens with one attached hydrogen (secondary N) is 1. The number of nitrogens with zero attached hydrogens (tertiary/aromatic N) is 1. The smallest absolute Gasteiger partial charge is 0.137 e. The first-order chi connectivity index (χ1) is 11.7. The summed E-state index contributed by atoms with van der Waals surface area (Å²) in [6.07, 6.45) is 4.24. The molecule has 2 N–H and O–H groups in total. The lowest BCUT2D eigenvalue weighted by Crippen LogP contribution is -2.15. The molecule has 3 rings (SSSR count). The van der Waals surface area contributed by atoms with Crippen LogP contribution in [0.25, 0.3) is 5.57 Å². The van der Waals surface area contributed by atoms with Crippen LogP contribution >= 0.6 is 15.9 Å². The van der Waals surface area contributed by atoms with Gasteiger partial charge in [-0.15, -0.1) is 0 Å². The van der Waals surface area contributed by atoms with Crippen molar-refractivity contribution in [3.05, 3.63) is 57.8 Å². The highest BCUT2D eigenvalue weighted by atomic mass is 79.9. The van der Waals surface area contributed by atoms with E-state index in [9.17, 15) is 5.11 Å². The van der Waals surface area contributed by atoms with E-state index >= 15 is 0 Å². The first-order valence-corrected chi connectivity index (χ1v) is 8.85. The van der Waals surface area contributed by atoms with Crippen LogP contribution in [0.4, 0.5) is 5.69 Å². The summed E-state index contributed by atoms with van der Waals surface area (Å²) in [5.41, 5.74) is 5.97. The summed E-state index contributed by atoms with van der Waals surface area (Å²) in [7, 11) is 1.65. The predicted molar refractivity (Wildman–Crippen MR) is 100 cm³/mol. The van der Waals surface area contributed by atoms with Gasteiger partial charge in [-0.3, -0.25) is 4.98 Å². The minimum Gasteiger partial charge on any atom is -0.495 e. The highest BCUT2D eigenvalue weighted by Crippen LogP contribution is 2.36. The molecule has 1 aliphatic heterocycles. The zero-order chi connectivity index (χ0) is 16.9. The molecular weight excluding hydrogens is 368 g/mol. The number of aryl methyl sites for hydroxylation is 1. The van der Waals surface area contributed by atoms with Gasteiger partial charge in [0.15, 0.2) is 0 Å². The Labute approximate surface area is 150 Å². The number of halogens is 1. The largest absolute Gasteiger partial charge is 0.495 e. The number of benzene rings is 1. The van der Waals surface area contributed by atoms with Gasteiger partial charge in [0.1, 0.15) is 5.75 Å². The van der Waals surface area contributed by atoms with Crippen molar-refractivity contribution in [1.29, 1.82) is 0 Å². The summed E-state index contributed by atoms with van der Waals surface area (Å²) in [4.78, 5) is 4.44. The molecule has 0 fully saturated rings. The van der Waals surface area contributed by atoms with Gasteiger partial charge in [-0.1, -0.05) is 22.0 Å². The average Bonchev–Trinajstić information content (AvgIpc) is 2.61. The highest BCUT2D eigenvalue weighted by molar-refractivity contribution is 9.10. The van der Waals surface area contributed by atoms with Crippen molar-refractivity contribution in [3.63, 3.8) is 0 Å². The molecular formula is C19H21BrN2O2. The monoisotopic (exact) mass is 388 g/mol. The van der Waals surface area contributed by atoms with Gasteiger partial charge in [-0.05, 0) is 54.7 Å². The predicted octanol–water partition coefficient (Wildman–Crippen LogP) is 4.05. The molecule has 2 aromatic rings. The third-order valence-corrected chi connectivity index (χ3v) is 4.80. The molecule has 0 amide bonds. The van der Waals surface area contributed by atoms with Crippen LogP contribution in [0.2, 0.25) is 0 Å². The Morgan fingerprint density at radius 2 is 2.08 bits per heavy atom. The molecule has 4 nitrogen and oxygen atoms in total. The summed E-state index contributed by atoms with van der Waals surface area (Å²) in [5.74, 6) is 0.776. The minimum atomic E-state index is 0.162. The first-order valence-electron chi connectivity index (χ1n) is 8.05. The van der Waals surface area contributed by atoms with E-state index in [2.05, 4.69) is 38.4 Å². The number of aliphatic hydroxyl groups excluding tert-OH is 1. The van der Waals surface area contributed by atoms with Gasteiger partial charge in [-0.2, -0.15) is 0 Å². The van der Waals surface area contributed by atoms with E-state index < -0.39 is 0 Å². The number of ether oxygens (including phenoxy) is 1. The first kappa shape index (κ1) is 17.0. The van der Waals surface area contributed by atoms with Gasteiger partial charge < -0.3 is 15.2 Å². The number of pyridine rings is 1. The van der Waals surface area contributed by atoms with E-state index in [1.807, 2.05) is 18.2 Å². The van der Waals surface area contributed by atoms with Gasteiger partial charge in [0.25, 0.3) is 0 Å². The van der Waals surface area contributed by atoms with Crippen LogP contribution in [-0.4, -0.2) is 30.4 Å². The summed E-state index contributed by atoms with van der Waals surface area (Å²) < 4.78 is 6.21. The minimum absolute atomic E-state index is 0.162. The molecule has 24 heavy (non-hydrogen) atoms.